The van der Waals surface area contributed by atoms with Crippen LogP contribution in [0.25, 0.3) is 22.7 Å². The summed E-state index contributed by atoms with van der Waals surface area (Å²) in [6.45, 7) is 2.02. The fourth-order valence-electron chi connectivity index (χ4n) is 3.87. The molecule has 13 heteroatoms. The van der Waals surface area contributed by atoms with Crippen molar-refractivity contribution < 1.29 is 18.9 Å². The molecule has 4 aromatic rings. The highest BCUT2D eigenvalue weighted by Gasteiger charge is 2.23. The molecular formula is C24H19ClN6O5S. The summed E-state index contributed by atoms with van der Waals surface area (Å²) >= 11 is 11.6. The van der Waals surface area contributed by atoms with Crippen molar-refractivity contribution in [2.45, 2.75) is 0 Å². The summed E-state index contributed by atoms with van der Waals surface area (Å²) in [5.74, 6) is -0.307. The Kier molecular flexibility index (Phi) is 6.95. The van der Waals surface area contributed by atoms with E-state index in [0.29, 0.717) is 59.5 Å². The third kappa shape index (κ3) is 5.35. The molecule has 0 saturated carbocycles. The Balaban J connectivity index is 1.30. The lowest BCUT2D eigenvalue weighted by molar-refractivity contribution is -0.384. The predicted octanol–water partition coefficient (Wildman–Crippen LogP) is 4.41. The van der Waals surface area contributed by atoms with Gasteiger partial charge in [-0.15, -0.1) is 0 Å². The number of benzene rings is 2. The minimum absolute atomic E-state index is 0.00240. The zero-order valence-electron chi connectivity index (χ0n) is 19.1. The predicted molar refractivity (Wildman–Crippen MR) is 142 cm³/mol. The van der Waals surface area contributed by atoms with Crippen LogP contribution >= 0.6 is 23.8 Å². The fourth-order valence-corrected chi connectivity index (χ4v) is 4.28. The number of halogens is 1. The molecule has 2 aromatic carbocycles. The van der Waals surface area contributed by atoms with Gasteiger partial charge in [-0.05, 0) is 54.7 Å². The molecule has 0 unspecified atom stereocenters. The van der Waals surface area contributed by atoms with Gasteiger partial charge in [0.25, 0.3) is 11.6 Å². The van der Waals surface area contributed by atoms with Gasteiger partial charge in [0.15, 0.2) is 16.3 Å². The van der Waals surface area contributed by atoms with E-state index in [1.54, 1.807) is 42.6 Å². The minimum atomic E-state index is -0.590. The van der Waals surface area contributed by atoms with Crippen LogP contribution in [-0.2, 0) is 4.74 Å². The number of aromatic nitrogens is 2. The highest BCUT2D eigenvalue weighted by atomic mass is 35.5. The number of ether oxygens (including phenoxy) is 1. The van der Waals surface area contributed by atoms with Crippen LogP contribution in [0.4, 0.5) is 17.1 Å². The number of amides is 1. The monoisotopic (exact) mass is 538 g/mol. The third-order valence-electron chi connectivity index (χ3n) is 5.63. The quantitative estimate of drug-likeness (QED) is 0.213. The normalized spacial score (nSPS) is 13.4. The topological polar surface area (TPSA) is 136 Å². The Morgan fingerprint density at radius 1 is 1.16 bits per heavy atom. The number of fused-ring (bicyclic) bond motifs is 1. The van der Waals surface area contributed by atoms with Crippen molar-refractivity contribution in [1.82, 2.24) is 15.3 Å². The van der Waals surface area contributed by atoms with E-state index < -0.39 is 10.8 Å². The fraction of sp³-hybridized carbons (Fsp3) is 0.167. The molecule has 11 nitrogen and oxygen atoms in total. The molecule has 1 aliphatic heterocycles. The van der Waals surface area contributed by atoms with E-state index in [1.807, 2.05) is 4.90 Å². The number of nitrogens with zero attached hydrogens (tertiary/aromatic N) is 4. The van der Waals surface area contributed by atoms with Gasteiger partial charge in [0.05, 0.1) is 28.7 Å². The van der Waals surface area contributed by atoms with Crippen molar-refractivity contribution >= 4 is 63.1 Å². The van der Waals surface area contributed by atoms with Gasteiger partial charge in [0.2, 0.25) is 5.89 Å². The average molecular weight is 539 g/mol. The molecule has 3 heterocycles. The number of hydrogen-bond donors (Lipinski definition) is 2. The molecule has 1 saturated heterocycles. The van der Waals surface area contributed by atoms with Gasteiger partial charge in [0.1, 0.15) is 5.69 Å². The Hall–Kier alpha value is -4.13. The number of pyridine rings is 1. The first-order chi connectivity index (χ1) is 17.9. The first-order valence-electron chi connectivity index (χ1n) is 11.1. The van der Waals surface area contributed by atoms with Crippen LogP contribution in [0.5, 0.6) is 0 Å². The van der Waals surface area contributed by atoms with E-state index >= 15 is 0 Å². The molecular weight excluding hydrogens is 520 g/mol. The number of anilines is 2. The summed E-state index contributed by atoms with van der Waals surface area (Å²) in [6, 6.07) is 12.8. The van der Waals surface area contributed by atoms with Crippen molar-refractivity contribution in [3.05, 3.63) is 75.4 Å². The van der Waals surface area contributed by atoms with Crippen LogP contribution < -0.4 is 15.5 Å². The molecule has 188 valence electrons. The largest absolute Gasteiger partial charge is 0.434 e. The zero-order chi connectivity index (χ0) is 25.9. The summed E-state index contributed by atoms with van der Waals surface area (Å²) in [6.07, 6.45) is 1.61. The molecule has 5 rings (SSSR count). The van der Waals surface area contributed by atoms with Gasteiger partial charge in [-0.2, -0.15) is 4.98 Å². The van der Waals surface area contributed by atoms with Crippen molar-refractivity contribution in [3.63, 3.8) is 0 Å². The van der Waals surface area contributed by atoms with E-state index in [4.69, 9.17) is 33.0 Å². The molecule has 1 amide bonds. The number of nitro benzene ring substituents is 1. The molecule has 1 fully saturated rings. The van der Waals surface area contributed by atoms with Crippen molar-refractivity contribution in [2.24, 2.45) is 0 Å². The summed E-state index contributed by atoms with van der Waals surface area (Å²) in [7, 11) is 0. The Bertz CT molecular complexity index is 1490. The number of thiocarbonyl (C=S) groups is 1. The summed E-state index contributed by atoms with van der Waals surface area (Å²) < 4.78 is 11.1. The summed E-state index contributed by atoms with van der Waals surface area (Å²) in [5.41, 5.74) is 2.37. The van der Waals surface area contributed by atoms with Gasteiger partial charge in [-0.1, -0.05) is 11.6 Å². The maximum atomic E-state index is 12.8. The molecule has 1 aliphatic rings. The Morgan fingerprint density at radius 2 is 1.97 bits per heavy atom. The number of nitrogens with one attached hydrogen (secondary N) is 2. The van der Waals surface area contributed by atoms with Gasteiger partial charge in [0, 0.05) is 36.6 Å². The number of nitro groups is 1. The number of oxazole rings is 1. The first kappa shape index (κ1) is 24.6. The van der Waals surface area contributed by atoms with Crippen LogP contribution in [0.15, 0.2) is 59.1 Å². The molecule has 0 radical (unpaired) electrons. The van der Waals surface area contributed by atoms with E-state index in [2.05, 4.69) is 20.6 Å². The van der Waals surface area contributed by atoms with Crippen molar-refractivity contribution in [2.75, 3.05) is 36.5 Å². The molecule has 0 atom stereocenters. The molecule has 0 aliphatic carbocycles. The van der Waals surface area contributed by atoms with E-state index in [-0.39, 0.29) is 22.3 Å². The molecule has 0 bridgehead atoms. The lowest BCUT2D eigenvalue weighted by atomic mass is 10.1. The average Bonchev–Trinajstić information content (AvgIpc) is 3.34. The van der Waals surface area contributed by atoms with Gasteiger partial charge >= 0.3 is 0 Å². The lowest BCUT2D eigenvalue weighted by Crippen LogP contribution is -2.37. The molecule has 37 heavy (non-hydrogen) atoms. The maximum Gasteiger partial charge on any atom is 0.293 e. The van der Waals surface area contributed by atoms with E-state index in [9.17, 15) is 14.9 Å². The van der Waals surface area contributed by atoms with Gasteiger partial charge in [-0.25, -0.2) is 4.98 Å². The van der Waals surface area contributed by atoms with Crippen LogP contribution in [0.1, 0.15) is 10.4 Å². The van der Waals surface area contributed by atoms with Gasteiger partial charge in [-0.3, -0.25) is 20.2 Å². The van der Waals surface area contributed by atoms with Crippen molar-refractivity contribution in [1.29, 1.82) is 0 Å². The standard InChI is InChI=1S/C24H19ClN6O5S/c25-17-5-4-15(13-16(17)23-28-21-20(36-23)2-1-7-26-21)27-24(37)29-22(32)14-3-6-18(19(12-14)31(33)34)30-8-10-35-11-9-30/h1-7,12-13H,8-11H2,(H2,27,29,32,37). The zero-order valence-corrected chi connectivity index (χ0v) is 20.7. The second-order valence-corrected chi connectivity index (χ2v) is 8.82. The van der Waals surface area contributed by atoms with Crippen LogP contribution in [0.2, 0.25) is 5.02 Å². The van der Waals surface area contributed by atoms with Crippen LogP contribution in [0, 0.1) is 10.1 Å². The summed E-state index contributed by atoms with van der Waals surface area (Å²) in [4.78, 5) is 34.4. The molecule has 2 N–H and O–H groups in total. The third-order valence-corrected chi connectivity index (χ3v) is 6.17. The smallest absolute Gasteiger partial charge is 0.293 e. The Morgan fingerprint density at radius 3 is 2.73 bits per heavy atom. The number of hydrogen-bond acceptors (Lipinski definition) is 9. The number of carbonyl (C=O) groups excluding carboxylic acids is 1. The first-order valence-corrected chi connectivity index (χ1v) is 11.9. The summed E-state index contributed by atoms with van der Waals surface area (Å²) in [5, 5.41) is 17.5. The maximum absolute atomic E-state index is 12.8. The van der Waals surface area contributed by atoms with E-state index in [1.165, 1.54) is 12.1 Å². The molecule has 0 spiro atoms. The second kappa shape index (κ2) is 10.5. The van der Waals surface area contributed by atoms with Crippen LogP contribution in [-0.4, -0.2) is 52.2 Å². The van der Waals surface area contributed by atoms with Crippen LogP contribution in [0.3, 0.4) is 0 Å². The van der Waals surface area contributed by atoms with Gasteiger partial charge < -0.3 is 19.4 Å². The number of morpholine rings is 1. The minimum Gasteiger partial charge on any atom is -0.434 e. The molecule has 2 aromatic heterocycles. The second-order valence-electron chi connectivity index (χ2n) is 8.01. The number of rotatable bonds is 5. The number of carbonyl (C=O) groups is 1. The SMILES string of the molecule is O=C(NC(=S)Nc1ccc(Cl)c(-c2nc3ncccc3o2)c1)c1ccc(N2CCOCC2)c([N+](=O)[O-])c1. The van der Waals surface area contributed by atoms with Crippen molar-refractivity contribution in [3.8, 4) is 11.5 Å². The highest BCUT2D eigenvalue weighted by Crippen LogP contribution is 2.32. The lowest BCUT2D eigenvalue weighted by Gasteiger charge is -2.28. The Labute approximate surface area is 220 Å². The van der Waals surface area contributed by atoms with E-state index in [0.717, 1.165) is 0 Å². The highest BCUT2D eigenvalue weighted by molar-refractivity contribution is 7.80.